The molecule has 0 aliphatic heterocycles. The standard InChI is InChI=1S/C22H16ClFN4O3/c1-14-19(22(23)28(27-14)18-7-5-16(24)6-8-18)9-10-21(30)31-13-20(29)26-17-4-2-3-15(11-17)12-25/h2-11H,13H2,1H3,(H,26,29)/b10-9+. The van der Waals surface area contributed by atoms with Gasteiger partial charge in [-0.2, -0.15) is 10.4 Å². The Labute approximate surface area is 182 Å². The lowest BCUT2D eigenvalue weighted by atomic mass is 10.2. The first-order valence-electron chi connectivity index (χ1n) is 9.03. The summed E-state index contributed by atoms with van der Waals surface area (Å²) >= 11 is 6.35. The smallest absolute Gasteiger partial charge is 0.331 e. The number of esters is 1. The van der Waals surface area contributed by atoms with Crippen molar-refractivity contribution in [1.29, 1.82) is 5.26 Å². The topological polar surface area (TPSA) is 97.0 Å². The molecule has 1 heterocycles. The SMILES string of the molecule is Cc1nn(-c2ccc(F)cc2)c(Cl)c1/C=C/C(=O)OCC(=O)Nc1cccc(C#N)c1. The molecule has 156 valence electrons. The predicted molar refractivity (Wildman–Crippen MR) is 113 cm³/mol. The van der Waals surface area contributed by atoms with E-state index >= 15 is 0 Å². The lowest BCUT2D eigenvalue weighted by molar-refractivity contribution is -0.142. The first-order valence-corrected chi connectivity index (χ1v) is 9.41. The third-order valence-corrected chi connectivity index (χ3v) is 4.49. The van der Waals surface area contributed by atoms with E-state index in [1.54, 1.807) is 25.1 Å². The number of benzene rings is 2. The van der Waals surface area contributed by atoms with Gasteiger partial charge in [-0.1, -0.05) is 17.7 Å². The summed E-state index contributed by atoms with van der Waals surface area (Å²) < 4.78 is 19.5. The monoisotopic (exact) mass is 438 g/mol. The first-order chi connectivity index (χ1) is 14.9. The van der Waals surface area contributed by atoms with Gasteiger partial charge in [0, 0.05) is 17.3 Å². The van der Waals surface area contributed by atoms with E-state index in [-0.39, 0.29) is 11.0 Å². The summed E-state index contributed by atoms with van der Waals surface area (Å²) in [5.41, 5.74) is 2.42. The van der Waals surface area contributed by atoms with Crippen molar-refractivity contribution in [2.24, 2.45) is 0 Å². The van der Waals surface area contributed by atoms with E-state index in [1.807, 2.05) is 6.07 Å². The number of anilines is 1. The maximum Gasteiger partial charge on any atom is 0.331 e. The molecular weight excluding hydrogens is 423 g/mol. The van der Waals surface area contributed by atoms with E-state index in [0.29, 0.717) is 28.2 Å². The molecule has 0 saturated carbocycles. The van der Waals surface area contributed by atoms with Gasteiger partial charge < -0.3 is 10.1 Å². The molecule has 31 heavy (non-hydrogen) atoms. The first kappa shape index (κ1) is 21.7. The van der Waals surface area contributed by atoms with E-state index < -0.39 is 18.5 Å². The summed E-state index contributed by atoms with van der Waals surface area (Å²) in [4.78, 5) is 23.9. The van der Waals surface area contributed by atoms with Crippen LogP contribution < -0.4 is 5.32 Å². The van der Waals surface area contributed by atoms with Crippen molar-refractivity contribution in [3.63, 3.8) is 0 Å². The van der Waals surface area contributed by atoms with Crippen molar-refractivity contribution >= 4 is 35.2 Å². The Balaban J connectivity index is 1.60. The summed E-state index contributed by atoms with van der Waals surface area (Å²) in [6.07, 6.45) is 2.57. The van der Waals surface area contributed by atoms with Crippen LogP contribution in [0.3, 0.4) is 0 Å². The zero-order valence-corrected chi connectivity index (χ0v) is 17.1. The molecule has 2 aromatic carbocycles. The Hall–Kier alpha value is -3.96. The van der Waals surface area contributed by atoms with Crippen LogP contribution in [0.2, 0.25) is 5.15 Å². The molecule has 0 radical (unpaired) electrons. The van der Waals surface area contributed by atoms with Gasteiger partial charge in [0.05, 0.1) is 23.0 Å². The number of amides is 1. The van der Waals surface area contributed by atoms with Crippen LogP contribution in [0.1, 0.15) is 16.8 Å². The molecule has 1 aromatic heterocycles. The van der Waals surface area contributed by atoms with E-state index in [4.69, 9.17) is 21.6 Å². The fourth-order valence-electron chi connectivity index (χ4n) is 2.65. The fraction of sp³-hybridized carbons (Fsp3) is 0.0909. The summed E-state index contributed by atoms with van der Waals surface area (Å²) in [7, 11) is 0. The van der Waals surface area contributed by atoms with E-state index in [2.05, 4.69) is 10.4 Å². The quantitative estimate of drug-likeness (QED) is 0.462. The van der Waals surface area contributed by atoms with Crippen LogP contribution in [0.25, 0.3) is 11.8 Å². The number of nitrogens with one attached hydrogen (secondary N) is 1. The van der Waals surface area contributed by atoms with Crippen molar-refractivity contribution in [2.45, 2.75) is 6.92 Å². The number of carbonyl (C=O) groups excluding carboxylic acids is 2. The molecule has 9 heteroatoms. The largest absolute Gasteiger partial charge is 0.452 e. The third-order valence-electron chi connectivity index (χ3n) is 4.13. The Morgan fingerprint density at radius 3 is 2.74 bits per heavy atom. The molecule has 3 aromatic rings. The van der Waals surface area contributed by atoms with Crippen LogP contribution in [0, 0.1) is 24.1 Å². The van der Waals surface area contributed by atoms with Crippen molar-refractivity contribution in [3.05, 3.63) is 82.4 Å². The highest BCUT2D eigenvalue weighted by molar-refractivity contribution is 6.31. The second-order valence-electron chi connectivity index (χ2n) is 6.36. The molecule has 0 aliphatic rings. The van der Waals surface area contributed by atoms with Crippen LogP contribution in [0.15, 0.2) is 54.6 Å². The number of rotatable bonds is 6. The molecule has 0 aliphatic carbocycles. The van der Waals surface area contributed by atoms with E-state index in [0.717, 1.165) is 6.08 Å². The van der Waals surface area contributed by atoms with Gasteiger partial charge in [-0.3, -0.25) is 4.79 Å². The molecule has 0 saturated heterocycles. The molecular formula is C22H16ClFN4O3. The number of nitrogens with zero attached hydrogens (tertiary/aromatic N) is 3. The maximum absolute atomic E-state index is 13.1. The molecule has 1 N–H and O–H groups in total. The minimum atomic E-state index is -0.745. The van der Waals surface area contributed by atoms with Crippen molar-refractivity contribution in [3.8, 4) is 11.8 Å². The Morgan fingerprint density at radius 1 is 1.29 bits per heavy atom. The average molecular weight is 439 g/mol. The lowest BCUT2D eigenvalue weighted by Crippen LogP contribution is -2.20. The molecule has 0 atom stereocenters. The van der Waals surface area contributed by atoms with Crippen LogP contribution in [0.4, 0.5) is 10.1 Å². The summed E-state index contributed by atoms with van der Waals surface area (Å²) in [5, 5.41) is 15.9. The number of hydrogen-bond donors (Lipinski definition) is 1. The molecule has 1 amide bonds. The van der Waals surface area contributed by atoms with Crippen molar-refractivity contribution in [2.75, 3.05) is 11.9 Å². The molecule has 3 rings (SSSR count). The van der Waals surface area contributed by atoms with Gasteiger partial charge >= 0.3 is 5.97 Å². The molecule has 0 bridgehead atoms. The highest BCUT2D eigenvalue weighted by Crippen LogP contribution is 2.24. The van der Waals surface area contributed by atoms with Gasteiger partial charge in [-0.25, -0.2) is 13.9 Å². The van der Waals surface area contributed by atoms with Crippen LogP contribution in [-0.4, -0.2) is 28.3 Å². The van der Waals surface area contributed by atoms with E-state index in [9.17, 15) is 14.0 Å². The third kappa shape index (κ3) is 5.56. The van der Waals surface area contributed by atoms with Gasteiger partial charge in [0.25, 0.3) is 5.91 Å². The number of nitriles is 1. The van der Waals surface area contributed by atoms with Gasteiger partial charge in [-0.15, -0.1) is 0 Å². The zero-order valence-electron chi connectivity index (χ0n) is 16.3. The van der Waals surface area contributed by atoms with Gasteiger partial charge in [0.15, 0.2) is 6.61 Å². The number of hydrogen-bond acceptors (Lipinski definition) is 5. The van der Waals surface area contributed by atoms with Crippen molar-refractivity contribution in [1.82, 2.24) is 9.78 Å². The highest BCUT2D eigenvalue weighted by Gasteiger charge is 2.13. The van der Waals surface area contributed by atoms with Gasteiger partial charge in [0.2, 0.25) is 0 Å². The minimum Gasteiger partial charge on any atom is -0.452 e. The lowest BCUT2D eigenvalue weighted by Gasteiger charge is -2.05. The summed E-state index contributed by atoms with van der Waals surface area (Å²) in [6.45, 7) is 1.21. The number of aryl methyl sites for hydroxylation is 1. The highest BCUT2D eigenvalue weighted by atomic mass is 35.5. The zero-order chi connectivity index (χ0) is 22.4. The molecule has 0 spiro atoms. The van der Waals surface area contributed by atoms with Gasteiger partial charge in [0.1, 0.15) is 11.0 Å². The van der Waals surface area contributed by atoms with Crippen LogP contribution in [-0.2, 0) is 14.3 Å². The Bertz CT molecular complexity index is 1200. The second-order valence-corrected chi connectivity index (χ2v) is 6.72. The fourth-order valence-corrected chi connectivity index (χ4v) is 2.99. The molecule has 0 fully saturated rings. The number of halogens is 2. The summed E-state index contributed by atoms with van der Waals surface area (Å²) in [5.74, 6) is -1.67. The van der Waals surface area contributed by atoms with Crippen LogP contribution in [0.5, 0.6) is 0 Å². The van der Waals surface area contributed by atoms with Gasteiger partial charge in [-0.05, 0) is 55.5 Å². The predicted octanol–water partition coefficient (Wildman–Crippen LogP) is 4.04. The van der Waals surface area contributed by atoms with Crippen molar-refractivity contribution < 1.29 is 18.7 Å². The number of ether oxygens (including phenoxy) is 1. The maximum atomic E-state index is 13.1. The average Bonchev–Trinajstić information content (AvgIpc) is 3.04. The van der Waals surface area contributed by atoms with E-state index in [1.165, 1.54) is 41.1 Å². The number of aromatic nitrogens is 2. The second kappa shape index (κ2) is 9.69. The molecule has 7 nitrogen and oxygen atoms in total. The summed E-state index contributed by atoms with van der Waals surface area (Å²) in [6, 6.07) is 13.9. The Kier molecular flexibility index (Phi) is 6.80. The molecule has 0 unspecified atom stereocenters. The minimum absolute atomic E-state index is 0.239. The normalized spacial score (nSPS) is 10.6. The number of carbonyl (C=O) groups is 2. The van der Waals surface area contributed by atoms with Crippen LogP contribution >= 0.6 is 11.6 Å². The Morgan fingerprint density at radius 2 is 2.03 bits per heavy atom.